The van der Waals surface area contributed by atoms with Crippen LogP contribution in [0.25, 0.3) is 10.8 Å². The van der Waals surface area contributed by atoms with Crippen molar-refractivity contribution in [2.75, 3.05) is 13.6 Å². The second kappa shape index (κ2) is 8.84. The summed E-state index contributed by atoms with van der Waals surface area (Å²) < 4.78 is 0. The molecule has 1 amide bonds. The highest BCUT2D eigenvalue weighted by Gasteiger charge is 2.22. The number of amides is 1. The highest BCUT2D eigenvalue weighted by atomic mass is 35.5. The number of aldehydes is 1. The van der Waals surface area contributed by atoms with Gasteiger partial charge in [0.15, 0.2) is 0 Å². The molecule has 0 saturated carbocycles. The van der Waals surface area contributed by atoms with E-state index in [0.29, 0.717) is 15.8 Å². The van der Waals surface area contributed by atoms with Crippen molar-refractivity contribution >= 4 is 40.3 Å². The van der Waals surface area contributed by atoms with Crippen molar-refractivity contribution in [3.8, 4) is 0 Å². The van der Waals surface area contributed by atoms with Crippen LogP contribution in [0.4, 0.5) is 5.69 Å². The number of nitrogens with zero attached hydrogens (tertiary/aromatic N) is 2. The van der Waals surface area contributed by atoms with Gasteiger partial charge in [0.25, 0.3) is 11.6 Å². The number of hydrogen-bond acceptors (Lipinski definition) is 4. The Hall–Kier alpha value is -3.25. The van der Waals surface area contributed by atoms with Gasteiger partial charge in [0.05, 0.1) is 10.5 Å². The maximum atomic E-state index is 13.2. The first-order valence-corrected chi connectivity index (χ1v) is 9.40. The number of fused-ring (bicyclic) bond motifs is 1. The topological polar surface area (TPSA) is 80.5 Å². The maximum Gasteiger partial charge on any atom is 0.270 e. The fourth-order valence-corrected chi connectivity index (χ4v) is 3.49. The molecule has 0 aliphatic rings. The Balaban J connectivity index is 1.93. The van der Waals surface area contributed by atoms with E-state index in [0.717, 1.165) is 11.8 Å². The van der Waals surface area contributed by atoms with Crippen molar-refractivity contribution in [3.63, 3.8) is 0 Å². The van der Waals surface area contributed by atoms with Gasteiger partial charge in [-0.3, -0.25) is 14.9 Å². The number of carbonyl (C=O) groups is 2. The van der Waals surface area contributed by atoms with E-state index in [1.54, 1.807) is 43.4 Å². The van der Waals surface area contributed by atoms with Crippen molar-refractivity contribution in [1.82, 2.24) is 4.90 Å². The van der Waals surface area contributed by atoms with Gasteiger partial charge in [-0.25, -0.2) is 0 Å². The van der Waals surface area contributed by atoms with Gasteiger partial charge in [-0.05, 0) is 28.5 Å². The summed E-state index contributed by atoms with van der Waals surface area (Å²) in [6, 6.07) is 17.0. The SMILES string of the molecule is CN(CC(CC=O)c1ccc(Cl)cc1)C(=O)c1cc([N+](=O)[O-])cc2ccccc12. The average Bonchev–Trinajstić information content (AvgIpc) is 2.72. The molecule has 0 bridgehead atoms. The summed E-state index contributed by atoms with van der Waals surface area (Å²) in [5.41, 5.74) is 1.02. The normalized spacial score (nSPS) is 11.8. The number of nitro groups is 1. The lowest BCUT2D eigenvalue weighted by atomic mass is 9.95. The molecule has 0 radical (unpaired) electrons. The van der Waals surface area contributed by atoms with E-state index < -0.39 is 4.92 Å². The standard InChI is InChI=1S/C22H19ClN2O4/c1-24(14-17(10-11-26)15-6-8-18(23)9-7-15)22(27)21-13-19(25(28)29)12-16-4-2-3-5-20(16)21/h2-9,11-13,17H,10,14H2,1H3. The van der Waals surface area contributed by atoms with Crippen LogP contribution in [0.5, 0.6) is 0 Å². The van der Waals surface area contributed by atoms with Gasteiger partial charge in [-0.15, -0.1) is 0 Å². The van der Waals surface area contributed by atoms with Gasteiger partial charge in [0.1, 0.15) is 6.29 Å². The third kappa shape index (κ3) is 4.60. The van der Waals surface area contributed by atoms with Gasteiger partial charge in [-0.1, -0.05) is 48.0 Å². The molecule has 0 aromatic heterocycles. The van der Waals surface area contributed by atoms with E-state index in [-0.39, 0.29) is 36.0 Å². The quantitative estimate of drug-likeness (QED) is 0.317. The van der Waals surface area contributed by atoms with Crippen molar-refractivity contribution in [2.24, 2.45) is 0 Å². The van der Waals surface area contributed by atoms with E-state index in [9.17, 15) is 19.7 Å². The van der Waals surface area contributed by atoms with Gasteiger partial charge in [-0.2, -0.15) is 0 Å². The molecule has 1 atom stereocenters. The molecule has 7 heteroatoms. The first kappa shape index (κ1) is 20.5. The smallest absolute Gasteiger partial charge is 0.270 e. The van der Waals surface area contributed by atoms with Crippen LogP contribution >= 0.6 is 11.6 Å². The number of rotatable bonds is 7. The monoisotopic (exact) mass is 410 g/mol. The number of non-ortho nitro benzene ring substituents is 1. The maximum absolute atomic E-state index is 13.2. The minimum absolute atomic E-state index is 0.136. The Bertz CT molecular complexity index is 1070. The van der Waals surface area contributed by atoms with Crippen LogP contribution in [-0.4, -0.2) is 35.6 Å². The van der Waals surface area contributed by atoms with E-state index in [4.69, 9.17) is 11.6 Å². The van der Waals surface area contributed by atoms with E-state index in [1.165, 1.54) is 17.0 Å². The van der Waals surface area contributed by atoms with Crippen LogP contribution < -0.4 is 0 Å². The predicted molar refractivity (Wildman–Crippen MR) is 112 cm³/mol. The van der Waals surface area contributed by atoms with Gasteiger partial charge >= 0.3 is 0 Å². The molecule has 1 unspecified atom stereocenters. The van der Waals surface area contributed by atoms with Gasteiger partial charge in [0.2, 0.25) is 0 Å². The van der Waals surface area contributed by atoms with Crippen LogP contribution in [0, 0.1) is 10.1 Å². The summed E-state index contributed by atoms with van der Waals surface area (Å²) in [6.45, 7) is 0.288. The number of hydrogen-bond donors (Lipinski definition) is 0. The fourth-order valence-electron chi connectivity index (χ4n) is 3.36. The lowest BCUT2D eigenvalue weighted by Gasteiger charge is -2.24. The minimum Gasteiger partial charge on any atom is -0.341 e. The molecular weight excluding hydrogens is 392 g/mol. The lowest BCUT2D eigenvalue weighted by Crippen LogP contribution is -2.31. The Morgan fingerprint density at radius 3 is 2.52 bits per heavy atom. The second-order valence-electron chi connectivity index (χ2n) is 6.81. The molecule has 148 valence electrons. The number of halogens is 1. The Morgan fingerprint density at radius 2 is 1.86 bits per heavy atom. The van der Waals surface area contributed by atoms with E-state index >= 15 is 0 Å². The third-order valence-corrected chi connectivity index (χ3v) is 5.10. The van der Waals surface area contributed by atoms with Gasteiger partial charge in [0, 0.05) is 43.1 Å². The molecule has 3 aromatic carbocycles. The van der Waals surface area contributed by atoms with E-state index in [2.05, 4.69) is 0 Å². The molecule has 0 saturated heterocycles. The van der Waals surface area contributed by atoms with Crippen LogP contribution in [0.3, 0.4) is 0 Å². The van der Waals surface area contributed by atoms with Crippen molar-refractivity contribution in [1.29, 1.82) is 0 Å². The average molecular weight is 411 g/mol. The lowest BCUT2D eigenvalue weighted by molar-refractivity contribution is -0.384. The Labute approximate surface area is 172 Å². The predicted octanol–water partition coefficient (Wildman–Crippen LogP) is 4.85. The van der Waals surface area contributed by atoms with Crippen LogP contribution in [0.15, 0.2) is 60.7 Å². The first-order valence-electron chi connectivity index (χ1n) is 9.02. The summed E-state index contributed by atoms with van der Waals surface area (Å²) >= 11 is 5.94. The number of likely N-dealkylation sites (N-methyl/N-ethyl adjacent to an activating group) is 1. The molecule has 29 heavy (non-hydrogen) atoms. The zero-order valence-corrected chi connectivity index (χ0v) is 16.5. The summed E-state index contributed by atoms with van der Waals surface area (Å²) in [6.07, 6.45) is 1.06. The molecular formula is C22H19ClN2O4. The summed E-state index contributed by atoms with van der Waals surface area (Å²) in [4.78, 5) is 36.6. The van der Waals surface area contributed by atoms with Crippen molar-refractivity contribution in [3.05, 3.63) is 86.9 Å². The zero-order chi connectivity index (χ0) is 21.0. The highest BCUT2D eigenvalue weighted by Crippen LogP contribution is 2.28. The zero-order valence-electron chi connectivity index (χ0n) is 15.7. The fraction of sp³-hybridized carbons (Fsp3) is 0.182. The third-order valence-electron chi connectivity index (χ3n) is 4.85. The minimum atomic E-state index is -0.508. The largest absolute Gasteiger partial charge is 0.341 e. The van der Waals surface area contributed by atoms with Crippen molar-refractivity contribution in [2.45, 2.75) is 12.3 Å². The molecule has 3 rings (SSSR count). The van der Waals surface area contributed by atoms with Crippen LogP contribution in [0.1, 0.15) is 28.3 Å². The molecule has 0 spiro atoms. The highest BCUT2D eigenvalue weighted by molar-refractivity contribution is 6.30. The molecule has 3 aromatic rings. The number of benzene rings is 3. The van der Waals surface area contributed by atoms with Crippen LogP contribution in [-0.2, 0) is 4.79 Å². The number of carbonyl (C=O) groups excluding carboxylic acids is 2. The molecule has 0 aliphatic heterocycles. The number of nitro benzene ring substituents is 1. The first-order chi connectivity index (χ1) is 13.9. The molecule has 0 fully saturated rings. The molecule has 0 heterocycles. The summed E-state index contributed by atoms with van der Waals surface area (Å²) in [5.74, 6) is -0.543. The molecule has 0 aliphatic carbocycles. The summed E-state index contributed by atoms with van der Waals surface area (Å²) in [5, 5.41) is 13.2. The molecule has 0 N–H and O–H groups in total. The Kier molecular flexibility index (Phi) is 6.24. The summed E-state index contributed by atoms with van der Waals surface area (Å²) in [7, 11) is 1.63. The second-order valence-corrected chi connectivity index (χ2v) is 7.24. The molecule has 6 nitrogen and oxygen atoms in total. The van der Waals surface area contributed by atoms with Crippen LogP contribution in [0.2, 0.25) is 5.02 Å². The van der Waals surface area contributed by atoms with Gasteiger partial charge < -0.3 is 9.69 Å². The Morgan fingerprint density at radius 1 is 1.17 bits per heavy atom. The van der Waals surface area contributed by atoms with Crippen molar-refractivity contribution < 1.29 is 14.5 Å². The van der Waals surface area contributed by atoms with E-state index in [1.807, 2.05) is 12.1 Å².